The molecule has 0 amide bonds. The lowest BCUT2D eigenvalue weighted by atomic mass is 9.74. The minimum atomic E-state index is -3.57. The van der Waals surface area contributed by atoms with Gasteiger partial charge in [0.15, 0.2) is 11.3 Å². The lowest BCUT2D eigenvalue weighted by molar-refractivity contribution is -0.120. The first-order valence-electron chi connectivity index (χ1n) is 6.47. The van der Waals surface area contributed by atoms with Gasteiger partial charge in [-0.1, -0.05) is 0 Å². The summed E-state index contributed by atoms with van der Waals surface area (Å²) >= 11 is 0. The Morgan fingerprint density at radius 2 is 1.48 bits per heavy atom. The van der Waals surface area contributed by atoms with Crippen LogP contribution in [0.3, 0.4) is 0 Å². The van der Waals surface area contributed by atoms with Gasteiger partial charge in [-0.05, 0) is 13.8 Å². The monoisotopic (exact) mass is 336 g/mol. The van der Waals surface area contributed by atoms with Gasteiger partial charge in [0.2, 0.25) is 0 Å². The summed E-state index contributed by atoms with van der Waals surface area (Å²) in [5.41, 5.74) is -2.07. The average Bonchev–Trinajstić information content (AvgIpc) is 2.53. The van der Waals surface area contributed by atoms with Gasteiger partial charge in [-0.25, -0.2) is 0 Å². The van der Waals surface area contributed by atoms with Crippen LogP contribution in [0.5, 0.6) is 0 Å². The van der Waals surface area contributed by atoms with Crippen LogP contribution in [-0.4, -0.2) is 25.2 Å². The second kappa shape index (κ2) is 7.87. The first-order chi connectivity index (χ1) is 10.6. The third-order valence-electron chi connectivity index (χ3n) is 3.48. The van der Waals surface area contributed by atoms with Crippen molar-refractivity contribution in [3.63, 3.8) is 0 Å². The summed E-state index contributed by atoms with van der Waals surface area (Å²) in [4.78, 5) is 12.3. The van der Waals surface area contributed by atoms with Crippen molar-refractivity contribution in [1.29, 1.82) is 21.0 Å². The smallest absolute Gasteiger partial charge is 0.312 e. The number of ketones is 1. The van der Waals surface area contributed by atoms with Crippen molar-refractivity contribution in [1.82, 2.24) is 0 Å². The fourth-order valence-corrected chi connectivity index (χ4v) is 3.61. The van der Waals surface area contributed by atoms with Crippen molar-refractivity contribution in [2.24, 2.45) is 11.3 Å². The molecule has 0 aliphatic rings. The molecular weight excluding hydrogens is 319 g/mol. The third kappa shape index (κ3) is 4.16. The van der Waals surface area contributed by atoms with Crippen LogP contribution >= 0.6 is 7.60 Å². The molecule has 0 unspecified atom stereocenters. The van der Waals surface area contributed by atoms with Gasteiger partial charge in [0.25, 0.3) is 0 Å². The van der Waals surface area contributed by atoms with Gasteiger partial charge in [-0.15, -0.1) is 0 Å². The van der Waals surface area contributed by atoms with Gasteiger partial charge in [-0.2, -0.15) is 21.0 Å². The van der Waals surface area contributed by atoms with E-state index in [0.717, 1.165) is 0 Å². The maximum absolute atomic E-state index is 12.4. The molecule has 0 saturated carbocycles. The Labute approximate surface area is 135 Å². The highest BCUT2D eigenvalue weighted by Gasteiger charge is 2.47. The summed E-state index contributed by atoms with van der Waals surface area (Å²) in [7, 11) is -1.20. The lowest BCUT2D eigenvalue weighted by Gasteiger charge is -2.31. The summed E-state index contributed by atoms with van der Waals surface area (Å²) in [5, 5.41) is 35.0. The van der Waals surface area contributed by atoms with E-state index in [9.17, 15) is 19.9 Å². The summed E-state index contributed by atoms with van der Waals surface area (Å²) in [5.74, 6) is -2.16. The van der Waals surface area contributed by atoms with Gasteiger partial charge in [-0.3, -0.25) is 9.36 Å². The molecule has 0 spiro atoms. The van der Waals surface area contributed by atoms with Crippen LogP contribution in [0.1, 0.15) is 26.7 Å². The highest BCUT2D eigenvalue weighted by molar-refractivity contribution is 7.55. The highest BCUT2D eigenvalue weighted by atomic mass is 31.2. The van der Waals surface area contributed by atoms with Crippen molar-refractivity contribution in [2.75, 3.05) is 14.2 Å². The highest BCUT2D eigenvalue weighted by Crippen LogP contribution is 2.60. The van der Waals surface area contributed by atoms with Crippen LogP contribution < -0.4 is 0 Å². The number of carbonyl (C=O) groups is 1. The minimum Gasteiger partial charge on any atom is -0.312 e. The molecular formula is C14H17N4O4P. The molecule has 0 aliphatic heterocycles. The summed E-state index contributed by atoms with van der Waals surface area (Å²) in [6.45, 7) is 2.98. The van der Waals surface area contributed by atoms with E-state index in [1.807, 2.05) is 0 Å². The second-order valence-corrected chi connectivity index (χ2v) is 8.39. The van der Waals surface area contributed by atoms with E-state index in [4.69, 9.17) is 19.6 Å². The Kier molecular flexibility index (Phi) is 7.11. The van der Waals surface area contributed by atoms with Gasteiger partial charge in [0.05, 0.1) is 29.4 Å². The van der Waals surface area contributed by atoms with Crippen LogP contribution in [-0.2, 0) is 18.4 Å². The molecule has 122 valence electrons. The molecule has 0 bridgehead atoms. The lowest BCUT2D eigenvalue weighted by Crippen LogP contribution is -2.32. The van der Waals surface area contributed by atoms with E-state index in [1.165, 1.54) is 28.1 Å². The molecule has 0 heterocycles. The zero-order valence-electron chi connectivity index (χ0n) is 13.4. The molecule has 0 aromatic carbocycles. The molecule has 0 aliphatic carbocycles. The summed E-state index contributed by atoms with van der Waals surface area (Å²) in [6, 6.07) is 6.29. The molecule has 0 fully saturated rings. The SMILES string of the molecule is COP(=O)(OC)C(C)(C)CC(=O)CC(C#N)(C#N)C(C#N)C#N. The summed E-state index contributed by atoms with van der Waals surface area (Å²) in [6.07, 6.45) is -0.927. The Morgan fingerprint density at radius 3 is 1.78 bits per heavy atom. The van der Waals surface area contributed by atoms with Gasteiger partial charge >= 0.3 is 7.60 Å². The van der Waals surface area contributed by atoms with Crippen molar-refractivity contribution in [3.8, 4) is 24.3 Å². The van der Waals surface area contributed by atoms with E-state index in [-0.39, 0.29) is 6.42 Å². The molecule has 0 saturated heterocycles. The van der Waals surface area contributed by atoms with Crippen molar-refractivity contribution in [2.45, 2.75) is 31.8 Å². The normalized spacial score (nSPS) is 11.9. The second-order valence-electron chi connectivity index (χ2n) is 5.45. The van der Waals surface area contributed by atoms with Crippen molar-refractivity contribution in [3.05, 3.63) is 0 Å². The van der Waals surface area contributed by atoms with Crippen LogP contribution in [0.4, 0.5) is 0 Å². The maximum Gasteiger partial charge on any atom is 0.336 e. The number of Topliss-reactive ketones (excluding diaryl/α,β-unsaturated/α-hetero) is 1. The van der Waals surface area contributed by atoms with Gasteiger partial charge in [0, 0.05) is 27.1 Å². The van der Waals surface area contributed by atoms with Crippen LogP contribution in [0.2, 0.25) is 0 Å². The Morgan fingerprint density at radius 1 is 1.04 bits per heavy atom. The summed E-state index contributed by atoms with van der Waals surface area (Å²) < 4.78 is 22.2. The van der Waals surface area contributed by atoms with Crippen molar-refractivity contribution >= 4 is 13.4 Å². The van der Waals surface area contributed by atoms with E-state index in [1.54, 1.807) is 24.3 Å². The van der Waals surface area contributed by atoms with Crippen molar-refractivity contribution < 1.29 is 18.4 Å². The number of hydrogen-bond donors (Lipinski definition) is 0. The number of nitrogens with zero attached hydrogens (tertiary/aromatic N) is 4. The fourth-order valence-electron chi connectivity index (χ4n) is 2.11. The van der Waals surface area contributed by atoms with E-state index in [2.05, 4.69) is 0 Å². The molecule has 0 N–H and O–H groups in total. The topological polar surface area (TPSA) is 148 Å². The van der Waals surface area contributed by atoms with Gasteiger partial charge < -0.3 is 9.05 Å². The molecule has 0 radical (unpaired) electrons. The Balaban J connectivity index is 5.49. The predicted molar refractivity (Wildman–Crippen MR) is 78.3 cm³/mol. The molecule has 9 heteroatoms. The molecule has 0 atom stereocenters. The zero-order valence-corrected chi connectivity index (χ0v) is 14.3. The standard InChI is InChI=1S/C14H17N4O4P/c1-13(2,23(20,21-3)22-4)5-12(19)6-14(9-17,10-18)11(7-15)8-16/h11H,5-6H2,1-4H3. The first-order valence-corrected chi connectivity index (χ1v) is 8.01. The number of hydrogen-bond acceptors (Lipinski definition) is 8. The Hall–Kier alpha value is -2.22. The number of carbonyl (C=O) groups excluding carboxylic acids is 1. The van der Waals surface area contributed by atoms with Crippen LogP contribution in [0.25, 0.3) is 0 Å². The molecule has 0 aromatic heterocycles. The van der Waals surface area contributed by atoms with Crippen LogP contribution in [0.15, 0.2) is 0 Å². The van der Waals surface area contributed by atoms with E-state index >= 15 is 0 Å². The molecule has 0 rings (SSSR count). The number of rotatable bonds is 8. The first kappa shape index (κ1) is 20.8. The maximum atomic E-state index is 12.4. The minimum absolute atomic E-state index is 0.305. The average molecular weight is 336 g/mol. The zero-order chi connectivity index (χ0) is 18.3. The fraction of sp³-hybridized carbons (Fsp3) is 0.643. The predicted octanol–water partition coefficient (Wildman–Crippen LogP) is 2.30. The third-order valence-corrected chi connectivity index (χ3v) is 6.08. The quantitative estimate of drug-likeness (QED) is 0.613. The van der Waals surface area contributed by atoms with Gasteiger partial charge in [0.1, 0.15) is 5.78 Å². The largest absolute Gasteiger partial charge is 0.336 e. The molecule has 23 heavy (non-hydrogen) atoms. The van der Waals surface area contributed by atoms with Crippen LogP contribution in [0, 0.1) is 56.7 Å². The van der Waals surface area contributed by atoms with E-state index < -0.39 is 36.3 Å². The Bertz CT molecular complexity index is 639. The number of nitriles is 4. The molecule has 0 aromatic rings. The van der Waals surface area contributed by atoms with E-state index in [0.29, 0.717) is 0 Å². The molecule has 8 nitrogen and oxygen atoms in total.